The predicted molar refractivity (Wildman–Crippen MR) is 113 cm³/mol. The van der Waals surface area contributed by atoms with Crippen molar-refractivity contribution in [1.82, 2.24) is 5.32 Å². The Hall–Kier alpha value is -1.38. The molecule has 0 spiro atoms. The van der Waals surface area contributed by atoms with E-state index in [0.717, 1.165) is 37.8 Å². The number of hydrogen-bond donors (Lipinski definition) is 1. The Labute approximate surface area is 184 Å². The molecule has 0 fully saturated rings. The lowest BCUT2D eigenvalue weighted by atomic mass is 10.2. The van der Waals surface area contributed by atoms with E-state index in [9.17, 15) is 18.0 Å². The molecule has 0 saturated carbocycles. The van der Waals surface area contributed by atoms with Crippen molar-refractivity contribution in [2.45, 2.75) is 70.1 Å². The van der Waals surface area contributed by atoms with Crippen LogP contribution in [0.3, 0.4) is 0 Å². The Bertz CT molecular complexity index is 772. The minimum absolute atomic E-state index is 0.128. The number of carbonyl (C=O) groups is 1. The number of benzene rings is 1. The van der Waals surface area contributed by atoms with Gasteiger partial charge < -0.3 is 14.8 Å². The first kappa shape index (κ1) is 24.9. The van der Waals surface area contributed by atoms with Crippen LogP contribution in [0.2, 0.25) is 5.02 Å². The number of nitrogens with one attached hydrogen (secondary N) is 1. The summed E-state index contributed by atoms with van der Waals surface area (Å²) in [5.41, 5.74) is -0.837. The molecule has 0 bridgehead atoms. The van der Waals surface area contributed by atoms with Crippen molar-refractivity contribution < 1.29 is 27.4 Å². The first-order chi connectivity index (χ1) is 14.0. The summed E-state index contributed by atoms with van der Waals surface area (Å²) in [7, 11) is 0. The van der Waals surface area contributed by atoms with Gasteiger partial charge in [-0.25, -0.2) is 0 Å². The van der Waals surface area contributed by atoms with E-state index >= 15 is 0 Å². The molecule has 1 amide bonds. The van der Waals surface area contributed by atoms with Gasteiger partial charge >= 0.3 is 6.18 Å². The molecular formula is C21H27ClF3NO3S. The molecule has 168 valence electrons. The molecule has 1 aromatic rings. The fraction of sp³-hybridized carbons (Fsp3) is 0.571. The van der Waals surface area contributed by atoms with Crippen LogP contribution >= 0.6 is 23.4 Å². The van der Waals surface area contributed by atoms with Crippen LogP contribution in [0.1, 0.15) is 58.4 Å². The fourth-order valence-corrected chi connectivity index (χ4v) is 4.20. The quantitative estimate of drug-likeness (QED) is 0.399. The molecule has 1 N–H and O–H groups in total. The number of unbranched alkanes of at least 4 members (excludes halogenated alkanes) is 3. The Morgan fingerprint density at radius 2 is 2.07 bits per heavy atom. The molecule has 1 aromatic carbocycles. The van der Waals surface area contributed by atoms with Gasteiger partial charge in [-0.3, -0.25) is 4.79 Å². The first-order valence-electron chi connectivity index (χ1n) is 9.93. The van der Waals surface area contributed by atoms with Crippen LogP contribution in [0.25, 0.3) is 0 Å². The molecule has 0 aliphatic carbocycles. The lowest BCUT2D eigenvalue weighted by molar-refractivity contribution is -0.137. The highest BCUT2D eigenvalue weighted by Crippen LogP contribution is 2.45. The van der Waals surface area contributed by atoms with Gasteiger partial charge in [-0.05, 0) is 44.5 Å². The third-order valence-electron chi connectivity index (χ3n) is 4.55. The van der Waals surface area contributed by atoms with Gasteiger partial charge in [0.15, 0.2) is 5.09 Å². The van der Waals surface area contributed by atoms with Crippen molar-refractivity contribution in [3.8, 4) is 5.75 Å². The highest BCUT2D eigenvalue weighted by molar-refractivity contribution is 8.04. The van der Waals surface area contributed by atoms with Gasteiger partial charge in [0.1, 0.15) is 16.8 Å². The number of thioether (sulfide) groups is 1. The standard InChI is InChI=1S/C21H27ClF3NO3S/c1-4-5-6-7-12-26-19(27)14(2)29-20(3)11-10-18(30-20)28-17-9-8-15(13-16(17)22)21(23,24)25/h8-10,13-14H,4-7,11-12H2,1-3H3,(H,26,27). The molecule has 9 heteroatoms. The van der Waals surface area contributed by atoms with E-state index in [0.29, 0.717) is 18.1 Å². The molecular weight excluding hydrogens is 439 g/mol. The van der Waals surface area contributed by atoms with Crippen molar-refractivity contribution in [3.05, 3.63) is 40.0 Å². The van der Waals surface area contributed by atoms with Crippen molar-refractivity contribution in [3.63, 3.8) is 0 Å². The van der Waals surface area contributed by atoms with E-state index in [2.05, 4.69) is 12.2 Å². The predicted octanol–water partition coefficient (Wildman–Crippen LogP) is 6.53. The maximum Gasteiger partial charge on any atom is 0.416 e. The second-order valence-electron chi connectivity index (χ2n) is 7.32. The first-order valence-corrected chi connectivity index (χ1v) is 11.1. The van der Waals surface area contributed by atoms with Crippen molar-refractivity contribution in [2.24, 2.45) is 0 Å². The number of hydrogen-bond acceptors (Lipinski definition) is 4. The molecule has 4 nitrogen and oxygen atoms in total. The highest BCUT2D eigenvalue weighted by atomic mass is 35.5. The third-order valence-corrected chi connectivity index (χ3v) is 5.99. The molecule has 2 rings (SSSR count). The van der Waals surface area contributed by atoms with Gasteiger partial charge in [-0.2, -0.15) is 13.2 Å². The van der Waals surface area contributed by atoms with Crippen LogP contribution < -0.4 is 10.1 Å². The zero-order chi connectivity index (χ0) is 22.4. The Morgan fingerprint density at radius 3 is 2.70 bits per heavy atom. The SMILES string of the molecule is CCCCCCNC(=O)C(C)OC1(C)CC=C(Oc2ccc(C(F)(F)F)cc2Cl)S1. The zero-order valence-corrected chi connectivity index (χ0v) is 18.8. The number of rotatable bonds is 10. The highest BCUT2D eigenvalue weighted by Gasteiger charge is 2.37. The van der Waals surface area contributed by atoms with Crippen molar-refractivity contribution in [2.75, 3.05) is 6.54 Å². The molecule has 2 unspecified atom stereocenters. The van der Waals surface area contributed by atoms with E-state index in [1.165, 1.54) is 17.8 Å². The van der Waals surface area contributed by atoms with Gasteiger partial charge in [-0.15, -0.1) is 0 Å². The van der Waals surface area contributed by atoms with E-state index in [4.69, 9.17) is 21.1 Å². The molecule has 30 heavy (non-hydrogen) atoms. The summed E-state index contributed by atoms with van der Waals surface area (Å²) in [5.74, 6) is -0.0426. The molecule has 1 heterocycles. The van der Waals surface area contributed by atoms with Gasteiger partial charge in [0.2, 0.25) is 5.91 Å². The van der Waals surface area contributed by atoms with Crippen LogP contribution in [0.5, 0.6) is 5.75 Å². The van der Waals surface area contributed by atoms with Gasteiger partial charge in [0.25, 0.3) is 0 Å². The average Bonchev–Trinajstić information content (AvgIpc) is 3.02. The monoisotopic (exact) mass is 465 g/mol. The molecule has 1 aliphatic heterocycles. The second kappa shape index (κ2) is 10.8. The number of alkyl halides is 3. The van der Waals surface area contributed by atoms with E-state index in [-0.39, 0.29) is 16.7 Å². The fourth-order valence-electron chi connectivity index (χ4n) is 2.90. The summed E-state index contributed by atoms with van der Waals surface area (Å²) in [6.07, 6.45) is 1.45. The maximum absolute atomic E-state index is 12.8. The Morgan fingerprint density at radius 1 is 1.33 bits per heavy atom. The summed E-state index contributed by atoms with van der Waals surface area (Å²) >= 11 is 7.21. The molecule has 0 saturated heterocycles. The van der Waals surface area contributed by atoms with E-state index in [1.807, 2.05) is 6.92 Å². The van der Waals surface area contributed by atoms with E-state index < -0.39 is 22.8 Å². The molecule has 0 aromatic heterocycles. The summed E-state index contributed by atoms with van der Waals surface area (Å²) in [5, 5.41) is 3.21. The summed E-state index contributed by atoms with van der Waals surface area (Å²) in [6, 6.07) is 2.95. The average molecular weight is 466 g/mol. The Balaban J connectivity index is 1.85. The van der Waals surface area contributed by atoms with E-state index in [1.54, 1.807) is 13.0 Å². The smallest absolute Gasteiger partial charge is 0.416 e. The van der Waals surface area contributed by atoms with Crippen LogP contribution in [0.4, 0.5) is 13.2 Å². The van der Waals surface area contributed by atoms with Gasteiger partial charge in [0.05, 0.1) is 10.6 Å². The number of halogens is 4. The Kier molecular flexibility index (Phi) is 8.94. The minimum atomic E-state index is -4.47. The second-order valence-corrected chi connectivity index (χ2v) is 9.20. The summed E-state index contributed by atoms with van der Waals surface area (Å²) in [6.45, 7) is 6.28. The lowest BCUT2D eigenvalue weighted by Crippen LogP contribution is -2.39. The lowest BCUT2D eigenvalue weighted by Gasteiger charge is -2.27. The molecule has 0 radical (unpaired) electrons. The van der Waals surface area contributed by atoms with Gasteiger partial charge in [-0.1, -0.05) is 49.5 Å². The third kappa shape index (κ3) is 7.39. The van der Waals surface area contributed by atoms with Gasteiger partial charge in [0, 0.05) is 13.0 Å². The van der Waals surface area contributed by atoms with Crippen LogP contribution in [0.15, 0.2) is 29.4 Å². The van der Waals surface area contributed by atoms with Crippen LogP contribution in [-0.2, 0) is 15.7 Å². The number of ether oxygens (including phenoxy) is 2. The maximum atomic E-state index is 12.8. The largest absolute Gasteiger partial charge is 0.449 e. The van der Waals surface area contributed by atoms with Crippen LogP contribution in [0, 0.1) is 0 Å². The minimum Gasteiger partial charge on any atom is -0.449 e. The van der Waals surface area contributed by atoms with Crippen molar-refractivity contribution >= 4 is 29.3 Å². The topological polar surface area (TPSA) is 47.6 Å². The summed E-state index contributed by atoms with van der Waals surface area (Å²) in [4.78, 5) is 11.5. The normalized spacial score (nSPS) is 20.0. The summed E-state index contributed by atoms with van der Waals surface area (Å²) < 4.78 is 49.9. The number of carbonyl (C=O) groups excluding carboxylic acids is 1. The molecule has 2 atom stereocenters. The van der Waals surface area contributed by atoms with Crippen molar-refractivity contribution in [1.29, 1.82) is 0 Å². The van der Waals surface area contributed by atoms with Crippen LogP contribution in [-0.4, -0.2) is 23.5 Å². The zero-order valence-electron chi connectivity index (χ0n) is 17.3. The number of amides is 1. The molecule has 1 aliphatic rings.